The van der Waals surface area contributed by atoms with E-state index in [0.29, 0.717) is 0 Å². The average molecular weight is 325 g/mol. The van der Waals surface area contributed by atoms with Crippen LogP contribution in [0.3, 0.4) is 0 Å². The molecule has 23 heavy (non-hydrogen) atoms. The Kier molecular flexibility index (Phi) is 6.12. The van der Waals surface area contributed by atoms with Crippen molar-refractivity contribution in [1.29, 1.82) is 0 Å². The number of hydrogen-bond acceptors (Lipinski definition) is 5. The molecule has 0 radical (unpaired) electrons. The predicted molar refractivity (Wildman–Crippen MR) is 83.3 cm³/mol. The van der Waals surface area contributed by atoms with Crippen LogP contribution in [0.15, 0.2) is 18.2 Å². The van der Waals surface area contributed by atoms with E-state index in [1.54, 1.807) is 33.8 Å². The Hall–Kier alpha value is -2.12. The van der Waals surface area contributed by atoms with Crippen LogP contribution in [0.1, 0.15) is 48.4 Å². The molecule has 1 aromatic carbocycles. The number of amides is 1. The highest BCUT2D eigenvalue weighted by molar-refractivity contribution is 5.89. The van der Waals surface area contributed by atoms with Crippen molar-refractivity contribution in [2.75, 3.05) is 6.54 Å². The highest BCUT2D eigenvalue weighted by atomic mass is 16.6. The van der Waals surface area contributed by atoms with Gasteiger partial charge in [-0.15, -0.1) is 0 Å². The SMILES string of the molecule is Cc1ccc(C(O)C(O)CNC(=O)OC(C)(C)C)c(C(=O)O)c1. The van der Waals surface area contributed by atoms with Crippen molar-refractivity contribution in [2.24, 2.45) is 0 Å². The van der Waals surface area contributed by atoms with Crippen molar-refractivity contribution < 1.29 is 29.6 Å². The van der Waals surface area contributed by atoms with Crippen molar-refractivity contribution in [2.45, 2.75) is 45.5 Å². The zero-order chi connectivity index (χ0) is 17.8. The maximum atomic E-state index is 11.5. The highest BCUT2D eigenvalue weighted by Gasteiger charge is 2.25. The lowest BCUT2D eigenvalue weighted by molar-refractivity contribution is 0.0121. The summed E-state index contributed by atoms with van der Waals surface area (Å²) in [6, 6.07) is 4.49. The third-order valence-corrected chi connectivity index (χ3v) is 2.98. The summed E-state index contributed by atoms with van der Waals surface area (Å²) in [5.41, 5.74) is 0.0382. The van der Waals surface area contributed by atoms with Gasteiger partial charge in [-0.1, -0.05) is 17.7 Å². The molecule has 7 nitrogen and oxygen atoms in total. The molecule has 1 amide bonds. The van der Waals surface area contributed by atoms with E-state index in [1.807, 2.05) is 0 Å². The summed E-state index contributed by atoms with van der Waals surface area (Å²) in [7, 11) is 0. The molecule has 0 saturated carbocycles. The number of ether oxygens (including phenoxy) is 1. The molecule has 0 aromatic heterocycles. The number of carbonyl (C=O) groups excluding carboxylic acids is 1. The number of aryl methyl sites for hydroxylation is 1. The summed E-state index contributed by atoms with van der Waals surface area (Å²) in [6.45, 7) is 6.54. The number of rotatable bonds is 5. The van der Waals surface area contributed by atoms with Crippen LogP contribution in [0.2, 0.25) is 0 Å². The molecule has 2 unspecified atom stereocenters. The second-order valence-electron chi connectivity index (χ2n) is 6.29. The molecule has 0 heterocycles. The first-order valence-corrected chi connectivity index (χ1v) is 7.18. The van der Waals surface area contributed by atoms with Crippen LogP contribution < -0.4 is 5.32 Å². The zero-order valence-electron chi connectivity index (χ0n) is 13.7. The van der Waals surface area contributed by atoms with Crippen molar-refractivity contribution >= 4 is 12.1 Å². The zero-order valence-corrected chi connectivity index (χ0v) is 13.7. The monoisotopic (exact) mass is 325 g/mol. The van der Waals surface area contributed by atoms with E-state index >= 15 is 0 Å². The minimum atomic E-state index is -1.45. The third-order valence-electron chi connectivity index (χ3n) is 2.98. The van der Waals surface area contributed by atoms with Crippen LogP contribution >= 0.6 is 0 Å². The van der Waals surface area contributed by atoms with Crippen molar-refractivity contribution in [3.63, 3.8) is 0 Å². The third kappa shape index (κ3) is 5.88. The Morgan fingerprint density at radius 3 is 2.39 bits per heavy atom. The minimum Gasteiger partial charge on any atom is -0.478 e. The van der Waals surface area contributed by atoms with Crippen molar-refractivity contribution in [1.82, 2.24) is 5.32 Å². The van der Waals surface area contributed by atoms with Gasteiger partial charge >= 0.3 is 12.1 Å². The molecule has 4 N–H and O–H groups in total. The van der Waals surface area contributed by atoms with E-state index in [0.717, 1.165) is 5.56 Å². The number of aliphatic hydroxyl groups is 2. The lowest BCUT2D eigenvalue weighted by Crippen LogP contribution is -2.39. The standard InChI is InChI=1S/C16H23NO6/c1-9-5-6-10(11(7-9)14(20)21)13(19)12(18)8-17-15(22)23-16(2,3)4/h5-7,12-13,18-19H,8H2,1-4H3,(H,17,22)(H,20,21). The molecule has 0 aliphatic carbocycles. The quantitative estimate of drug-likeness (QED) is 0.653. The first-order valence-electron chi connectivity index (χ1n) is 7.18. The summed E-state index contributed by atoms with van der Waals surface area (Å²) in [5, 5.41) is 31.6. The van der Waals surface area contributed by atoms with Gasteiger partial charge < -0.3 is 25.4 Å². The number of hydrogen-bond donors (Lipinski definition) is 4. The van der Waals surface area contributed by atoms with Crippen molar-refractivity contribution in [3.05, 3.63) is 34.9 Å². The van der Waals surface area contributed by atoms with Gasteiger partial charge in [0.25, 0.3) is 0 Å². The molecule has 128 valence electrons. The largest absolute Gasteiger partial charge is 0.478 e. The maximum Gasteiger partial charge on any atom is 0.407 e. The smallest absolute Gasteiger partial charge is 0.407 e. The van der Waals surface area contributed by atoms with Gasteiger partial charge in [0.05, 0.1) is 5.56 Å². The molecule has 0 aliphatic rings. The van der Waals surface area contributed by atoms with Gasteiger partial charge in [-0.2, -0.15) is 0 Å². The lowest BCUT2D eigenvalue weighted by Gasteiger charge is -2.23. The Labute approximate surface area is 134 Å². The van der Waals surface area contributed by atoms with Crippen LogP contribution in [0.4, 0.5) is 4.79 Å². The van der Waals surface area contributed by atoms with E-state index in [1.165, 1.54) is 12.1 Å². The number of carbonyl (C=O) groups is 2. The van der Waals surface area contributed by atoms with Crippen LogP contribution in [-0.2, 0) is 4.74 Å². The maximum absolute atomic E-state index is 11.5. The van der Waals surface area contributed by atoms with Gasteiger partial charge in [0.2, 0.25) is 0 Å². The Bertz CT molecular complexity index is 578. The fraction of sp³-hybridized carbons (Fsp3) is 0.500. The molecule has 1 rings (SSSR count). The first kappa shape index (κ1) is 18.9. The number of nitrogens with one attached hydrogen (secondary N) is 1. The number of carboxylic acid groups (broad SMARTS) is 1. The van der Waals surface area contributed by atoms with Gasteiger partial charge in [0, 0.05) is 6.54 Å². The first-order chi connectivity index (χ1) is 10.5. The molecule has 2 atom stereocenters. The van der Waals surface area contributed by atoms with Gasteiger partial charge in [0.1, 0.15) is 17.8 Å². The van der Waals surface area contributed by atoms with Crippen LogP contribution in [0.5, 0.6) is 0 Å². The minimum absolute atomic E-state index is 0.0848. The summed E-state index contributed by atoms with van der Waals surface area (Å²) in [5.74, 6) is -1.20. The van der Waals surface area contributed by atoms with Gasteiger partial charge in [-0.25, -0.2) is 9.59 Å². The van der Waals surface area contributed by atoms with Gasteiger partial charge in [-0.05, 0) is 39.3 Å². The topological polar surface area (TPSA) is 116 Å². The molecule has 0 saturated heterocycles. The highest BCUT2D eigenvalue weighted by Crippen LogP contribution is 2.22. The fourth-order valence-electron chi connectivity index (χ4n) is 1.93. The average Bonchev–Trinajstić information content (AvgIpc) is 2.42. The van der Waals surface area contributed by atoms with Crippen LogP contribution in [0.25, 0.3) is 0 Å². The molecular formula is C16H23NO6. The van der Waals surface area contributed by atoms with E-state index < -0.39 is 29.9 Å². The summed E-state index contributed by atoms with van der Waals surface area (Å²) in [4.78, 5) is 22.8. The molecule has 0 spiro atoms. The number of aromatic carboxylic acids is 1. The van der Waals surface area contributed by atoms with E-state index in [4.69, 9.17) is 4.74 Å². The van der Waals surface area contributed by atoms with Crippen LogP contribution in [0, 0.1) is 6.92 Å². The summed E-state index contributed by atoms with van der Waals surface area (Å²) < 4.78 is 5.01. The second-order valence-corrected chi connectivity index (χ2v) is 6.29. The lowest BCUT2D eigenvalue weighted by atomic mass is 9.97. The van der Waals surface area contributed by atoms with E-state index in [9.17, 15) is 24.9 Å². The molecule has 1 aromatic rings. The number of carboxylic acids is 1. The fourth-order valence-corrected chi connectivity index (χ4v) is 1.93. The van der Waals surface area contributed by atoms with E-state index in [-0.39, 0.29) is 17.7 Å². The molecule has 0 bridgehead atoms. The number of benzene rings is 1. The Balaban J connectivity index is 2.76. The molecule has 0 aliphatic heterocycles. The molecule has 7 heteroatoms. The van der Waals surface area contributed by atoms with Crippen LogP contribution in [-0.4, -0.2) is 45.6 Å². The Morgan fingerprint density at radius 2 is 1.87 bits per heavy atom. The Morgan fingerprint density at radius 1 is 1.26 bits per heavy atom. The number of alkyl carbamates (subject to hydrolysis) is 1. The van der Waals surface area contributed by atoms with Gasteiger partial charge in [-0.3, -0.25) is 0 Å². The molecule has 0 fully saturated rings. The van der Waals surface area contributed by atoms with Crippen molar-refractivity contribution in [3.8, 4) is 0 Å². The summed E-state index contributed by atoms with van der Waals surface area (Å²) in [6.07, 6.45) is -3.55. The predicted octanol–water partition coefficient (Wildman–Crippen LogP) is 1.61. The van der Waals surface area contributed by atoms with Gasteiger partial charge in [0.15, 0.2) is 0 Å². The summed E-state index contributed by atoms with van der Waals surface area (Å²) >= 11 is 0. The molecular weight excluding hydrogens is 302 g/mol. The van der Waals surface area contributed by atoms with E-state index in [2.05, 4.69) is 5.32 Å². The number of aliphatic hydroxyl groups excluding tert-OH is 2. The normalized spacial score (nSPS) is 14.0. The second kappa shape index (κ2) is 7.43.